The van der Waals surface area contributed by atoms with E-state index in [9.17, 15) is 14.5 Å². The minimum atomic E-state index is -0.657. The molecule has 16 heavy (non-hydrogen) atoms. The first-order chi connectivity index (χ1) is 7.65. The van der Waals surface area contributed by atoms with Gasteiger partial charge in [0.05, 0.1) is 17.1 Å². The lowest BCUT2D eigenvalue weighted by Crippen LogP contribution is -2.19. The van der Waals surface area contributed by atoms with Crippen molar-refractivity contribution in [3.05, 3.63) is 34.1 Å². The molecule has 1 atom stereocenters. The first kappa shape index (κ1) is 10.8. The van der Waals surface area contributed by atoms with Crippen molar-refractivity contribution in [1.82, 2.24) is 5.32 Å². The predicted octanol–water partition coefficient (Wildman–Crippen LogP) is 1.47. The second-order valence-electron chi connectivity index (χ2n) is 3.63. The summed E-state index contributed by atoms with van der Waals surface area (Å²) in [5.74, 6) is -0.449. The van der Waals surface area contributed by atoms with Gasteiger partial charge in [0.2, 0.25) is 0 Å². The van der Waals surface area contributed by atoms with E-state index in [1.165, 1.54) is 6.07 Å². The Labute approximate surface area is 91.4 Å². The number of benzene rings is 1. The Balaban J connectivity index is 2.16. The number of non-ortho nitro benzene ring substituents is 1. The number of rotatable bonds is 3. The highest BCUT2D eigenvalue weighted by molar-refractivity contribution is 5.39. The molecule has 0 bridgehead atoms. The Morgan fingerprint density at radius 2 is 2.31 bits per heavy atom. The first-order valence-corrected chi connectivity index (χ1v) is 4.97. The van der Waals surface area contributed by atoms with Crippen molar-refractivity contribution >= 4 is 5.69 Å². The van der Waals surface area contributed by atoms with Crippen LogP contribution in [-0.2, 0) is 0 Å². The maximum absolute atomic E-state index is 13.1. The van der Waals surface area contributed by atoms with Crippen LogP contribution in [-0.4, -0.2) is 24.1 Å². The summed E-state index contributed by atoms with van der Waals surface area (Å²) in [5.41, 5.74) is -0.291. The zero-order valence-corrected chi connectivity index (χ0v) is 8.48. The van der Waals surface area contributed by atoms with Crippen LogP contribution in [0.4, 0.5) is 10.1 Å². The van der Waals surface area contributed by atoms with Crippen molar-refractivity contribution in [1.29, 1.82) is 0 Å². The number of ether oxygens (including phenoxy) is 1. The lowest BCUT2D eigenvalue weighted by atomic mass is 10.2. The zero-order chi connectivity index (χ0) is 11.5. The smallest absolute Gasteiger partial charge is 0.276 e. The number of halogens is 1. The van der Waals surface area contributed by atoms with E-state index in [0.29, 0.717) is 6.54 Å². The third-order valence-corrected chi connectivity index (χ3v) is 2.38. The maximum Gasteiger partial charge on any atom is 0.276 e. The van der Waals surface area contributed by atoms with Crippen LogP contribution >= 0.6 is 0 Å². The Kier molecular flexibility index (Phi) is 3.00. The fraction of sp³-hybridized carbons (Fsp3) is 0.400. The van der Waals surface area contributed by atoms with E-state index < -0.39 is 10.7 Å². The van der Waals surface area contributed by atoms with Gasteiger partial charge in [0.25, 0.3) is 5.69 Å². The molecule has 1 unspecified atom stereocenters. The minimum absolute atomic E-state index is 0.0404. The molecule has 0 radical (unpaired) electrons. The zero-order valence-electron chi connectivity index (χ0n) is 8.48. The minimum Gasteiger partial charge on any atom is -0.489 e. The van der Waals surface area contributed by atoms with Crippen molar-refractivity contribution < 1.29 is 14.1 Å². The summed E-state index contributed by atoms with van der Waals surface area (Å²) in [6.45, 7) is 1.53. The lowest BCUT2D eigenvalue weighted by Gasteiger charge is -2.11. The van der Waals surface area contributed by atoms with Crippen LogP contribution in [0.3, 0.4) is 0 Å². The Hall–Kier alpha value is -1.69. The number of hydrogen-bond acceptors (Lipinski definition) is 4. The van der Waals surface area contributed by atoms with Gasteiger partial charge < -0.3 is 10.1 Å². The summed E-state index contributed by atoms with van der Waals surface area (Å²) in [6, 6.07) is 3.27. The molecule has 0 aliphatic carbocycles. The van der Waals surface area contributed by atoms with E-state index in [1.807, 2.05) is 0 Å². The Morgan fingerprint density at radius 3 is 2.94 bits per heavy atom. The molecular formula is C10H11FN2O3. The standard InChI is InChI=1S/C10H11FN2O3/c11-7-3-8(13(14)15)5-10(4-7)16-9-1-2-12-6-9/h3-5,9,12H,1-2,6H2. The fourth-order valence-corrected chi connectivity index (χ4v) is 1.64. The molecule has 1 saturated heterocycles. The number of nitrogens with one attached hydrogen (secondary N) is 1. The van der Waals surface area contributed by atoms with Gasteiger partial charge in [0.15, 0.2) is 0 Å². The molecule has 1 heterocycles. The SMILES string of the molecule is O=[N+]([O-])c1cc(F)cc(OC2CCNC2)c1. The van der Waals surface area contributed by atoms with E-state index in [1.54, 1.807) is 0 Å². The molecule has 0 saturated carbocycles. The second-order valence-corrected chi connectivity index (χ2v) is 3.63. The van der Waals surface area contributed by atoms with Gasteiger partial charge >= 0.3 is 0 Å². The Morgan fingerprint density at radius 1 is 1.50 bits per heavy atom. The van der Waals surface area contributed by atoms with Crippen molar-refractivity contribution in [3.8, 4) is 5.75 Å². The molecule has 1 aromatic rings. The monoisotopic (exact) mass is 226 g/mol. The molecule has 86 valence electrons. The molecule has 0 aromatic heterocycles. The highest BCUT2D eigenvalue weighted by Gasteiger charge is 2.18. The average Bonchev–Trinajstić information content (AvgIpc) is 2.69. The summed E-state index contributed by atoms with van der Waals surface area (Å²) in [7, 11) is 0. The van der Waals surface area contributed by atoms with Gasteiger partial charge in [0, 0.05) is 12.6 Å². The summed E-state index contributed by atoms with van der Waals surface area (Å²) in [5, 5.41) is 13.6. The third-order valence-electron chi connectivity index (χ3n) is 2.38. The van der Waals surface area contributed by atoms with E-state index in [4.69, 9.17) is 4.74 Å². The summed E-state index contributed by atoms with van der Waals surface area (Å²) in [6.07, 6.45) is 0.783. The molecule has 2 rings (SSSR count). The molecule has 0 amide bonds. The highest BCUT2D eigenvalue weighted by Crippen LogP contribution is 2.23. The van der Waals surface area contributed by atoms with Crippen molar-refractivity contribution in [2.24, 2.45) is 0 Å². The lowest BCUT2D eigenvalue weighted by molar-refractivity contribution is -0.385. The largest absolute Gasteiger partial charge is 0.489 e. The summed E-state index contributed by atoms with van der Waals surface area (Å²) >= 11 is 0. The van der Waals surface area contributed by atoms with Crippen LogP contribution in [0.2, 0.25) is 0 Å². The molecular weight excluding hydrogens is 215 g/mol. The van der Waals surface area contributed by atoms with Crippen LogP contribution in [0.15, 0.2) is 18.2 Å². The molecule has 5 nitrogen and oxygen atoms in total. The van der Waals surface area contributed by atoms with Gasteiger partial charge in [-0.25, -0.2) is 4.39 Å². The third kappa shape index (κ3) is 2.46. The van der Waals surface area contributed by atoms with E-state index >= 15 is 0 Å². The normalized spacial score (nSPS) is 19.7. The molecule has 1 aliphatic heterocycles. The molecule has 1 aromatic carbocycles. The van der Waals surface area contributed by atoms with Gasteiger partial charge in [-0.05, 0) is 13.0 Å². The molecule has 1 fully saturated rings. The van der Waals surface area contributed by atoms with Gasteiger partial charge in [-0.15, -0.1) is 0 Å². The van der Waals surface area contributed by atoms with Crippen LogP contribution in [0.25, 0.3) is 0 Å². The predicted molar refractivity (Wildman–Crippen MR) is 55.0 cm³/mol. The Bertz CT molecular complexity index is 405. The highest BCUT2D eigenvalue weighted by atomic mass is 19.1. The molecule has 1 aliphatic rings. The van der Waals surface area contributed by atoms with Gasteiger partial charge in [-0.1, -0.05) is 0 Å². The van der Waals surface area contributed by atoms with Gasteiger partial charge in [0.1, 0.15) is 17.7 Å². The number of nitro groups is 1. The first-order valence-electron chi connectivity index (χ1n) is 4.97. The van der Waals surface area contributed by atoms with Gasteiger partial charge in [-0.2, -0.15) is 0 Å². The van der Waals surface area contributed by atoms with Crippen molar-refractivity contribution in [2.75, 3.05) is 13.1 Å². The van der Waals surface area contributed by atoms with Crippen LogP contribution in [0, 0.1) is 15.9 Å². The number of hydrogen-bond donors (Lipinski definition) is 1. The van der Waals surface area contributed by atoms with E-state index in [-0.39, 0.29) is 17.5 Å². The number of nitro benzene ring substituents is 1. The maximum atomic E-state index is 13.1. The quantitative estimate of drug-likeness (QED) is 0.626. The van der Waals surface area contributed by atoms with Crippen molar-refractivity contribution in [3.63, 3.8) is 0 Å². The summed E-state index contributed by atoms with van der Waals surface area (Å²) in [4.78, 5) is 9.88. The molecule has 0 spiro atoms. The van der Waals surface area contributed by atoms with E-state index in [2.05, 4.69) is 5.32 Å². The van der Waals surface area contributed by atoms with Crippen molar-refractivity contribution in [2.45, 2.75) is 12.5 Å². The number of nitrogens with zero attached hydrogens (tertiary/aromatic N) is 1. The van der Waals surface area contributed by atoms with Gasteiger partial charge in [-0.3, -0.25) is 10.1 Å². The second kappa shape index (κ2) is 4.44. The average molecular weight is 226 g/mol. The molecule has 1 N–H and O–H groups in total. The van der Waals surface area contributed by atoms with E-state index in [0.717, 1.165) is 25.1 Å². The van der Waals surface area contributed by atoms with Crippen LogP contribution in [0.1, 0.15) is 6.42 Å². The summed E-state index contributed by atoms with van der Waals surface area (Å²) < 4.78 is 18.5. The molecule has 6 heteroatoms. The fourth-order valence-electron chi connectivity index (χ4n) is 1.64. The van der Waals surface area contributed by atoms with Crippen LogP contribution < -0.4 is 10.1 Å². The van der Waals surface area contributed by atoms with Crippen LogP contribution in [0.5, 0.6) is 5.75 Å². The topological polar surface area (TPSA) is 64.4 Å².